The molecule has 2 aliphatic rings. The first-order valence-corrected chi connectivity index (χ1v) is 7.31. The molecule has 0 radical (unpaired) electrons. The predicted octanol–water partition coefficient (Wildman–Crippen LogP) is -0.260. The van der Waals surface area contributed by atoms with E-state index in [-0.39, 0.29) is 29.8 Å². The zero-order valence-electron chi connectivity index (χ0n) is 12.4. The third kappa shape index (κ3) is 3.70. The predicted molar refractivity (Wildman–Crippen MR) is 75.2 cm³/mol. The van der Waals surface area contributed by atoms with Crippen LogP contribution in [0.15, 0.2) is 0 Å². The van der Waals surface area contributed by atoms with E-state index >= 15 is 0 Å². The van der Waals surface area contributed by atoms with Crippen LogP contribution in [0.2, 0.25) is 0 Å². The number of amides is 2. The molecule has 6 nitrogen and oxygen atoms in total. The average Bonchev–Trinajstić information content (AvgIpc) is 2.66. The van der Waals surface area contributed by atoms with Gasteiger partial charge >= 0.3 is 0 Å². The highest BCUT2D eigenvalue weighted by Crippen LogP contribution is 2.39. The van der Waals surface area contributed by atoms with Gasteiger partial charge in [0.1, 0.15) is 0 Å². The second-order valence-corrected chi connectivity index (χ2v) is 6.10. The number of hydrogen-bond acceptors (Lipinski definition) is 4. The minimum atomic E-state index is -0.103. The van der Waals surface area contributed by atoms with Crippen LogP contribution in [0, 0.1) is 5.41 Å². The zero-order valence-corrected chi connectivity index (χ0v) is 12.4. The van der Waals surface area contributed by atoms with Crippen molar-refractivity contribution in [3.05, 3.63) is 0 Å². The molecule has 0 bridgehead atoms. The number of methoxy groups -OCH3 is 1. The van der Waals surface area contributed by atoms with Crippen LogP contribution >= 0.6 is 0 Å². The summed E-state index contributed by atoms with van der Waals surface area (Å²) in [5.74, 6) is 0.00956. The summed E-state index contributed by atoms with van der Waals surface area (Å²) >= 11 is 0. The maximum absolute atomic E-state index is 12.1. The first-order chi connectivity index (χ1) is 9.54. The molecule has 2 amide bonds. The molecule has 2 fully saturated rings. The Morgan fingerprint density at radius 3 is 2.85 bits per heavy atom. The van der Waals surface area contributed by atoms with E-state index in [1.54, 1.807) is 12.0 Å². The van der Waals surface area contributed by atoms with Gasteiger partial charge in [-0.15, -0.1) is 0 Å². The highest BCUT2D eigenvalue weighted by molar-refractivity contribution is 5.86. The van der Waals surface area contributed by atoms with Crippen molar-refractivity contribution in [1.82, 2.24) is 15.5 Å². The minimum Gasteiger partial charge on any atom is -0.383 e. The van der Waals surface area contributed by atoms with Crippen LogP contribution in [-0.2, 0) is 14.3 Å². The lowest BCUT2D eigenvalue weighted by Gasteiger charge is -2.33. The van der Waals surface area contributed by atoms with E-state index in [0.29, 0.717) is 13.0 Å². The maximum Gasteiger partial charge on any atom is 0.239 e. The van der Waals surface area contributed by atoms with Crippen molar-refractivity contribution in [2.75, 3.05) is 39.9 Å². The number of carbonyl (C=O) groups is 2. The Kier molecular flexibility index (Phi) is 4.99. The summed E-state index contributed by atoms with van der Waals surface area (Å²) < 4.78 is 4.98. The number of nitrogens with one attached hydrogen (secondary N) is 2. The summed E-state index contributed by atoms with van der Waals surface area (Å²) in [6, 6.07) is -0.0296. The normalized spacial score (nSPS) is 23.1. The summed E-state index contributed by atoms with van der Waals surface area (Å²) in [5, 5.41) is 6.17. The standard InChI is InChI=1S/C14H25N3O3/c1-11(9-20-2)16-12(18)8-17-10-14(7-13(17)19)3-5-15-6-4-14/h11,15H,3-10H2,1-2H3,(H,16,18). The molecule has 2 rings (SSSR count). The molecule has 0 aliphatic carbocycles. The lowest BCUT2D eigenvalue weighted by Crippen LogP contribution is -2.44. The van der Waals surface area contributed by atoms with Crippen LogP contribution in [0.3, 0.4) is 0 Å². The van der Waals surface area contributed by atoms with E-state index in [1.165, 1.54) is 0 Å². The van der Waals surface area contributed by atoms with E-state index < -0.39 is 0 Å². The molecule has 2 aliphatic heterocycles. The number of hydrogen-bond donors (Lipinski definition) is 2. The van der Waals surface area contributed by atoms with Crippen LogP contribution in [0.5, 0.6) is 0 Å². The molecule has 0 aromatic rings. The topological polar surface area (TPSA) is 70.7 Å². The van der Waals surface area contributed by atoms with Gasteiger partial charge in [0.15, 0.2) is 0 Å². The SMILES string of the molecule is COCC(C)NC(=O)CN1CC2(CCNCC2)CC1=O. The van der Waals surface area contributed by atoms with E-state index in [2.05, 4.69) is 10.6 Å². The Hall–Kier alpha value is -1.14. The summed E-state index contributed by atoms with van der Waals surface area (Å²) in [7, 11) is 1.60. The van der Waals surface area contributed by atoms with Gasteiger partial charge in [0.2, 0.25) is 11.8 Å². The fourth-order valence-corrected chi connectivity index (χ4v) is 3.20. The van der Waals surface area contributed by atoms with Crippen molar-refractivity contribution >= 4 is 11.8 Å². The smallest absolute Gasteiger partial charge is 0.239 e. The van der Waals surface area contributed by atoms with Gasteiger partial charge in [0, 0.05) is 26.1 Å². The van der Waals surface area contributed by atoms with E-state index in [9.17, 15) is 9.59 Å². The van der Waals surface area contributed by atoms with E-state index in [4.69, 9.17) is 4.74 Å². The molecule has 1 atom stereocenters. The van der Waals surface area contributed by atoms with E-state index in [1.807, 2.05) is 6.92 Å². The monoisotopic (exact) mass is 283 g/mol. The summed E-state index contributed by atoms with van der Waals surface area (Å²) in [6.07, 6.45) is 2.64. The molecule has 1 spiro atoms. The summed E-state index contributed by atoms with van der Waals surface area (Å²) in [6.45, 7) is 5.20. The molecule has 0 aromatic heterocycles. The lowest BCUT2D eigenvalue weighted by molar-refractivity contribution is -0.133. The lowest BCUT2D eigenvalue weighted by atomic mass is 9.78. The van der Waals surface area contributed by atoms with Gasteiger partial charge in [-0.1, -0.05) is 0 Å². The van der Waals surface area contributed by atoms with Crippen LogP contribution in [0.1, 0.15) is 26.2 Å². The van der Waals surface area contributed by atoms with Crippen molar-refractivity contribution in [1.29, 1.82) is 0 Å². The molecule has 0 saturated carbocycles. The third-order valence-electron chi connectivity index (χ3n) is 4.23. The Morgan fingerprint density at radius 1 is 1.50 bits per heavy atom. The Labute approximate surface area is 120 Å². The maximum atomic E-state index is 12.1. The molecule has 2 heterocycles. The molecule has 0 aromatic carbocycles. The quantitative estimate of drug-likeness (QED) is 0.729. The number of carbonyl (C=O) groups excluding carboxylic acids is 2. The fourth-order valence-electron chi connectivity index (χ4n) is 3.20. The van der Waals surface area contributed by atoms with Gasteiger partial charge in [-0.25, -0.2) is 0 Å². The highest BCUT2D eigenvalue weighted by atomic mass is 16.5. The van der Waals surface area contributed by atoms with Gasteiger partial charge in [0.25, 0.3) is 0 Å². The average molecular weight is 283 g/mol. The molecule has 20 heavy (non-hydrogen) atoms. The second kappa shape index (κ2) is 6.54. The van der Waals surface area contributed by atoms with Crippen LogP contribution in [-0.4, -0.2) is 62.7 Å². The minimum absolute atomic E-state index is 0.0296. The van der Waals surface area contributed by atoms with Gasteiger partial charge in [-0.3, -0.25) is 9.59 Å². The molecular weight excluding hydrogens is 258 g/mol. The highest BCUT2D eigenvalue weighted by Gasteiger charge is 2.43. The summed E-state index contributed by atoms with van der Waals surface area (Å²) in [4.78, 5) is 25.7. The van der Waals surface area contributed by atoms with Crippen molar-refractivity contribution in [3.8, 4) is 0 Å². The van der Waals surface area contributed by atoms with E-state index in [0.717, 1.165) is 32.5 Å². The number of rotatable bonds is 5. The molecule has 114 valence electrons. The number of nitrogens with zero attached hydrogens (tertiary/aromatic N) is 1. The second-order valence-electron chi connectivity index (χ2n) is 6.10. The van der Waals surface area contributed by atoms with Crippen LogP contribution in [0.4, 0.5) is 0 Å². The number of likely N-dealkylation sites (tertiary alicyclic amines) is 1. The Balaban J connectivity index is 1.84. The molecular formula is C14H25N3O3. The van der Waals surface area contributed by atoms with Crippen molar-refractivity contribution < 1.29 is 14.3 Å². The van der Waals surface area contributed by atoms with Gasteiger partial charge in [-0.2, -0.15) is 0 Å². The van der Waals surface area contributed by atoms with Gasteiger partial charge < -0.3 is 20.3 Å². The largest absolute Gasteiger partial charge is 0.383 e. The molecule has 2 N–H and O–H groups in total. The Bertz CT molecular complexity index is 367. The molecule has 1 unspecified atom stereocenters. The van der Waals surface area contributed by atoms with Crippen LogP contribution in [0.25, 0.3) is 0 Å². The fraction of sp³-hybridized carbons (Fsp3) is 0.857. The number of piperidine rings is 1. The first kappa shape index (κ1) is 15.3. The van der Waals surface area contributed by atoms with Crippen molar-refractivity contribution in [2.24, 2.45) is 5.41 Å². The third-order valence-corrected chi connectivity index (χ3v) is 4.23. The van der Waals surface area contributed by atoms with Gasteiger partial charge in [0.05, 0.1) is 13.2 Å². The summed E-state index contributed by atoms with van der Waals surface area (Å²) in [5.41, 5.74) is 0.0980. The van der Waals surface area contributed by atoms with Crippen molar-refractivity contribution in [3.63, 3.8) is 0 Å². The zero-order chi connectivity index (χ0) is 14.6. The first-order valence-electron chi connectivity index (χ1n) is 7.31. The van der Waals surface area contributed by atoms with Crippen LogP contribution < -0.4 is 10.6 Å². The Morgan fingerprint density at radius 2 is 2.20 bits per heavy atom. The number of ether oxygens (including phenoxy) is 1. The molecule has 6 heteroatoms. The van der Waals surface area contributed by atoms with Gasteiger partial charge in [-0.05, 0) is 38.3 Å². The van der Waals surface area contributed by atoms with Crippen molar-refractivity contribution in [2.45, 2.75) is 32.2 Å². The molecule has 2 saturated heterocycles.